The van der Waals surface area contributed by atoms with Crippen LogP contribution in [0.1, 0.15) is 160 Å². The monoisotopic (exact) mass is 516 g/mol. The molecule has 0 aliphatic heterocycles. The number of unbranched alkanes of at least 4 members (excludes halogenated alkanes) is 4. The van der Waals surface area contributed by atoms with Crippen molar-refractivity contribution in [1.82, 2.24) is 0 Å². The molecule has 0 aromatic carbocycles. The van der Waals surface area contributed by atoms with Gasteiger partial charge < -0.3 is 0 Å². The Hall–Kier alpha value is -1.14. The average molecular weight is 517 g/mol. The third kappa shape index (κ3) is 30.9. The molecule has 0 bridgehead atoms. The van der Waals surface area contributed by atoms with Gasteiger partial charge in [0.2, 0.25) is 0 Å². The van der Waals surface area contributed by atoms with E-state index in [2.05, 4.69) is 48.5 Å². The lowest BCUT2D eigenvalue weighted by Crippen LogP contribution is -2.25. The van der Waals surface area contributed by atoms with Crippen LogP contribution in [0.25, 0.3) is 0 Å². The van der Waals surface area contributed by atoms with Crippen LogP contribution in [-0.2, 0) is 29.1 Å². The first kappa shape index (κ1) is 37.0. The summed E-state index contributed by atoms with van der Waals surface area (Å²) in [7, 11) is 0. The fourth-order valence-electron chi connectivity index (χ4n) is 3.26. The molecule has 0 N–H and O–H groups in total. The second kappa shape index (κ2) is 18.2. The van der Waals surface area contributed by atoms with E-state index in [1.807, 2.05) is 34.6 Å². The van der Waals surface area contributed by atoms with Crippen molar-refractivity contribution in [3.05, 3.63) is 0 Å². The summed E-state index contributed by atoms with van der Waals surface area (Å²) in [6, 6.07) is 0. The average Bonchev–Trinajstić information content (AvgIpc) is 2.68. The van der Waals surface area contributed by atoms with E-state index in [0.29, 0.717) is 23.7 Å². The third-order valence-corrected chi connectivity index (χ3v) is 5.21. The van der Waals surface area contributed by atoms with Gasteiger partial charge in [-0.25, -0.2) is 9.59 Å². The van der Waals surface area contributed by atoms with Gasteiger partial charge in [0.05, 0.1) is 0 Å². The van der Waals surface area contributed by atoms with E-state index in [9.17, 15) is 9.59 Å². The molecular weight excluding hydrogens is 456 g/mol. The molecule has 0 radical (unpaired) electrons. The Balaban J connectivity index is 0. The molecular formula is C30H60O6. The van der Waals surface area contributed by atoms with Gasteiger partial charge in [0.15, 0.2) is 0 Å². The maximum atomic E-state index is 11.5. The van der Waals surface area contributed by atoms with Crippen LogP contribution < -0.4 is 0 Å². The van der Waals surface area contributed by atoms with Crippen molar-refractivity contribution in [3.63, 3.8) is 0 Å². The first-order chi connectivity index (χ1) is 16.3. The zero-order valence-corrected chi connectivity index (χ0v) is 25.9. The van der Waals surface area contributed by atoms with Gasteiger partial charge in [-0.3, -0.25) is 9.78 Å². The van der Waals surface area contributed by atoms with Crippen LogP contribution in [0.3, 0.4) is 0 Å². The van der Waals surface area contributed by atoms with Crippen LogP contribution in [-0.4, -0.2) is 23.1 Å². The highest BCUT2D eigenvalue weighted by Crippen LogP contribution is 2.23. The predicted octanol–water partition coefficient (Wildman–Crippen LogP) is 9.29. The molecule has 0 aliphatic carbocycles. The lowest BCUT2D eigenvalue weighted by molar-refractivity contribution is -0.326. The summed E-state index contributed by atoms with van der Waals surface area (Å²) < 4.78 is 0. The minimum atomic E-state index is -0.429. The quantitative estimate of drug-likeness (QED) is 0.123. The van der Waals surface area contributed by atoms with E-state index >= 15 is 0 Å². The van der Waals surface area contributed by atoms with Gasteiger partial charge >= 0.3 is 11.9 Å². The Labute approximate surface area is 223 Å². The van der Waals surface area contributed by atoms with E-state index in [1.165, 1.54) is 19.3 Å². The molecule has 0 saturated carbocycles. The lowest BCUT2D eigenvalue weighted by Gasteiger charge is -2.21. The van der Waals surface area contributed by atoms with E-state index in [4.69, 9.17) is 19.6 Å². The minimum absolute atomic E-state index is 0.250. The highest BCUT2D eigenvalue weighted by Gasteiger charge is 2.21. The van der Waals surface area contributed by atoms with Gasteiger partial charge in [-0.05, 0) is 77.6 Å². The zero-order chi connectivity index (χ0) is 28.5. The first-order valence-corrected chi connectivity index (χ1v) is 14.0. The minimum Gasteiger partial charge on any atom is -0.298 e. The molecule has 0 heterocycles. The summed E-state index contributed by atoms with van der Waals surface area (Å²) in [4.78, 5) is 42.5. The lowest BCUT2D eigenvalue weighted by atomic mass is 9.89. The van der Waals surface area contributed by atoms with Crippen molar-refractivity contribution in [2.45, 2.75) is 171 Å². The number of hydrogen-bond donors (Lipinski definition) is 0. The maximum absolute atomic E-state index is 11.5. The maximum Gasteiger partial charge on any atom is 0.342 e. The molecule has 0 atom stereocenters. The molecule has 6 heteroatoms. The van der Waals surface area contributed by atoms with Crippen molar-refractivity contribution in [2.75, 3.05) is 0 Å². The van der Waals surface area contributed by atoms with Crippen LogP contribution >= 0.6 is 0 Å². The van der Waals surface area contributed by atoms with Crippen molar-refractivity contribution in [3.8, 4) is 0 Å². The molecule has 0 unspecified atom stereocenters. The Morgan fingerprint density at radius 2 is 0.917 bits per heavy atom. The summed E-state index contributed by atoms with van der Waals surface area (Å²) in [5.41, 5.74) is -0.0395. The zero-order valence-electron chi connectivity index (χ0n) is 25.9. The molecule has 0 aromatic rings. The summed E-state index contributed by atoms with van der Waals surface area (Å²) in [5, 5.41) is 0. The predicted molar refractivity (Wildman–Crippen MR) is 148 cm³/mol. The molecule has 0 rings (SSSR count). The van der Waals surface area contributed by atoms with Crippen molar-refractivity contribution in [1.29, 1.82) is 0 Å². The fraction of sp³-hybridized carbons (Fsp3) is 0.933. The van der Waals surface area contributed by atoms with E-state index < -0.39 is 5.60 Å². The van der Waals surface area contributed by atoms with Crippen molar-refractivity contribution >= 4 is 11.9 Å². The molecule has 0 amide bonds. The summed E-state index contributed by atoms with van der Waals surface area (Å²) in [6.45, 7) is 24.9. The Bertz CT molecular complexity index is 576. The normalized spacial score (nSPS) is 12.6. The Morgan fingerprint density at radius 3 is 1.25 bits per heavy atom. The summed E-state index contributed by atoms with van der Waals surface area (Å²) in [6.07, 6.45) is 11.4. The smallest absolute Gasteiger partial charge is 0.298 e. The molecule has 0 aromatic heterocycles. The largest absolute Gasteiger partial charge is 0.342 e. The topological polar surface area (TPSA) is 71.1 Å². The molecule has 216 valence electrons. The van der Waals surface area contributed by atoms with E-state index in [0.717, 1.165) is 44.9 Å². The third-order valence-electron chi connectivity index (χ3n) is 5.21. The number of carbonyl (C=O) groups excluding carboxylic acids is 2. The molecule has 0 spiro atoms. The van der Waals surface area contributed by atoms with Crippen molar-refractivity contribution in [2.24, 2.45) is 10.8 Å². The van der Waals surface area contributed by atoms with Gasteiger partial charge in [-0.2, -0.15) is 9.78 Å². The summed E-state index contributed by atoms with van der Waals surface area (Å²) in [5.74, 6) is -0.518. The fourth-order valence-corrected chi connectivity index (χ4v) is 3.26. The number of hydrogen-bond acceptors (Lipinski definition) is 6. The van der Waals surface area contributed by atoms with Crippen molar-refractivity contribution < 1.29 is 29.1 Å². The highest BCUT2D eigenvalue weighted by molar-refractivity contribution is 5.68. The van der Waals surface area contributed by atoms with Crippen LogP contribution in [0.4, 0.5) is 0 Å². The first-order valence-electron chi connectivity index (χ1n) is 14.0. The number of rotatable bonds is 15. The summed E-state index contributed by atoms with van der Waals surface area (Å²) >= 11 is 0. The Kier molecular flexibility index (Phi) is 18.7. The SMILES string of the molecule is CC(C)(C)CCCCCC(=O)OOC(C)(C)C.CCCC(C)(C)OOC(=O)CCCCCC(C)(C)C. The van der Waals surface area contributed by atoms with Gasteiger partial charge in [-0.15, -0.1) is 0 Å². The second-order valence-corrected chi connectivity index (χ2v) is 13.9. The van der Waals surface area contributed by atoms with Crippen LogP contribution in [0.15, 0.2) is 0 Å². The molecule has 0 saturated heterocycles. The van der Waals surface area contributed by atoms with Gasteiger partial charge in [0.1, 0.15) is 11.2 Å². The van der Waals surface area contributed by atoms with Crippen LogP contribution in [0.2, 0.25) is 0 Å². The van der Waals surface area contributed by atoms with Crippen LogP contribution in [0.5, 0.6) is 0 Å². The molecule has 6 nitrogen and oxygen atoms in total. The standard InChI is InChI=1S/C16H32O3.C14H28O3/c1-7-12-16(5,6)19-18-14(17)11-9-8-10-13-15(2,3)4;1-13(2,3)11-9-7-8-10-12(15)16-17-14(4,5)6/h7-13H2,1-6H3;7-11H2,1-6H3. The Morgan fingerprint density at radius 1 is 0.528 bits per heavy atom. The van der Waals surface area contributed by atoms with Gasteiger partial charge in [0.25, 0.3) is 0 Å². The van der Waals surface area contributed by atoms with E-state index in [-0.39, 0.29) is 17.5 Å². The van der Waals surface area contributed by atoms with Gasteiger partial charge in [0, 0.05) is 12.8 Å². The van der Waals surface area contributed by atoms with Crippen LogP contribution in [0, 0.1) is 10.8 Å². The molecule has 36 heavy (non-hydrogen) atoms. The second-order valence-electron chi connectivity index (χ2n) is 13.9. The highest BCUT2D eigenvalue weighted by atomic mass is 17.2. The molecule has 0 fully saturated rings. The van der Waals surface area contributed by atoms with Gasteiger partial charge in [-0.1, -0.05) is 80.6 Å². The number of carbonyl (C=O) groups is 2. The van der Waals surface area contributed by atoms with E-state index in [1.54, 1.807) is 0 Å². The molecule has 0 aliphatic rings.